The highest BCUT2D eigenvalue weighted by Crippen LogP contribution is 2.47. The van der Waals surface area contributed by atoms with Gasteiger partial charge in [-0.15, -0.1) is 0 Å². The lowest BCUT2D eigenvalue weighted by Gasteiger charge is -2.31. The minimum atomic E-state index is -3.53. The maximum atomic E-state index is 17.1. The molecule has 0 N–H and O–H groups in total. The van der Waals surface area contributed by atoms with Gasteiger partial charge in [0.05, 0.1) is 0 Å². The normalized spacial score (nSPS) is 13.3. The van der Waals surface area contributed by atoms with Gasteiger partial charge in [-0.3, -0.25) is 0 Å². The predicted octanol–water partition coefficient (Wildman–Crippen LogP) is 12.8. The van der Waals surface area contributed by atoms with Crippen molar-refractivity contribution in [3.05, 3.63) is 249 Å². The SMILES string of the molecule is O=P(c1ccc2ccc3ccccc3c2c1)(c1ccc2ccc3ccccc3c2c1)c1ccc2c(c1)c1ccccc1c1cc3c(cc21)[Si](c1ccccc1)(c1ccccc1)c1ccccc1-3. The van der Waals surface area contributed by atoms with Gasteiger partial charge in [-0.1, -0.05) is 224 Å². The molecule has 3 heteroatoms. The monoisotopic (exact) mass is 884 g/mol. The Labute approximate surface area is 389 Å². The molecule has 1 nitrogen and oxygen atoms in total. The molecule has 14 rings (SSSR count). The molecule has 0 radical (unpaired) electrons. The van der Waals surface area contributed by atoms with Crippen LogP contribution in [0, 0.1) is 0 Å². The molecule has 0 saturated carbocycles. The van der Waals surface area contributed by atoms with Crippen LogP contribution in [0.4, 0.5) is 0 Å². The van der Waals surface area contributed by atoms with Crippen LogP contribution in [-0.4, -0.2) is 8.07 Å². The van der Waals surface area contributed by atoms with Crippen LogP contribution in [0.5, 0.6) is 0 Å². The van der Waals surface area contributed by atoms with Crippen molar-refractivity contribution < 1.29 is 4.57 Å². The highest BCUT2D eigenvalue weighted by atomic mass is 31.2. The zero-order valence-electron chi connectivity index (χ0n) is 36.5. The molecule has 13 aromatic rings. The Hall–Kier alpha value is -7.87. The van der Waals surface area contributed by atoms with E-state index in [0.29, 0.717) is 0 Å². The highest BCUT2D eigenvalue weighted by molar-refractivity contribution is 7.85. The first-order valence-electron chi connectivity index (χ1n) is 23.2. The van der Waals surface area contributed by atoms with Crippen LogP contribution < -0.4 is 36.7 Å². The Bertz CT molecular complexity index is 4090. The lowest BCUT2D eigenvalue weighted by molar-refractivity contribution is 0.592. The van der Waals surface area contributed by atoms with Crippen LogP contribution >= 0.6 is 7.14 Å². The summed E-state index contributed by atoms with van der Waals surface area (Å²) in [5.41, 5.74) is 2.64. The summed E-state index contributed by atoms with van der Waals surface area (Å²) in [6.45, 7) is 0. The highest BCUT2D eigenvalue weighted by Gasteiger charge is 2.48. The smallest absolute Gasteiger partial charge is 0.180 e. The Balaban J connectivity index is 1.08. The Morgan fingerprint density at radius 1 is 0.254 bits per heavy atom. The van der Waals surface area contributed by atoms with Gasteiger partial charge in [-0.2, -0.15) is 0 Å². The fraction of sp³-hybridized carbons (Fsp3) is 0. The van der Waals surface area contributed by atoms with E-state index in [9.17, 15) is 0 Å². The van der Waals surface area contributed by atoms with Crippen molar-refractivity contribution in [1.29, 1.82) is 0 Å². The van der Waals surface area contributed by atoms with E-state index in [-0.39, 0.29) is 0 Å². The molecule has 13 aromatic carbocycles. The minimum Gasteiger partial charge on any atom is -0.309 e. The molecule has 0 aliphatic carbocycles. The molecule has 0 atom stereocenters. The molecule has 0 aromatic heterocycles. The summed E-state index contributed by atoms with van der Waals surface area (Å²) in [6.07, 6.45) is 0. The number of benzene rings is 13. The van der Waals surface area contributed by atoms with E-state index in [2.05, 4.69) is 249 Å². The summed E-state index contributed by atoms with van der Waals surface area (Å²) in [4.78, 5) is 0. The van der Waals surface area contributed by atoms with E-state index >= 15 is 4.57 Å². The van der Waals surface area contributed by atoms with Gasteiger partial charge < -0.3 is 4.57 Å². The van der Waals surface area contributed by atoms with Gasteiger partial charge in [0.2, 0.25) is 0 Å². The third kappa shape index (κ3) is 5.46. The molecule has 0 spiro atoms. The van der Waals surface area contributed by atoms with E-state index in [1.807, 2.05) is 0 Å². The summed E-state index contributed by atoms with van der Waals surface area (Å²) in [6, 6.07) is 91.0. The standard InChI is InChI=1S/C64H41OPSi/c65-66(46-33-31-44-29-27-42-15-7-9-21-51(42)57(44)37-46,47-34-32-45-30-28-43-16-8-10-22-52(43)58(45)38-47)48-35-36-55-59(39-48)53-23-11-12-24-54(53)60-40-62-56-25-13-14-26-63(56)67(64(62)41-61(55)60,49-17-3-1-4-18-49)50-19-5-2-6-20-50/h1-41H. The summed E-state index contributed by atoms with van der Waals surface area (Å²) in [5.74, 6) is 0. The summed E-state index contributed by atoms with van der Waals surface area (Å²) < 4.78 is 17.1. The molecule has 67 heavy (non-hydrogen) atoms. The molecule has 0 amide bonds. The van der Waals surface area contributed by atoms with Crippen LogP contribution in [0.2, 0.25) is 0 Å². The zero-order valence-corrected chi connectivity index (χ0v) is 38.4. The third-order valence-corrected chi connectivity index (χ3v) is 22.8. The van der Waals surface area contributed by atoms with Crippen molar-refractivity contribution >= 4 is 127 Å². The number of rotatable bonds is 5. The van der Waals surface area contributed by atoms with E-state index in [0.717, 1.165) is 59.0 Å². The van der Waals surface area contributed by atoms with E-state index in [1.165, 1.54) is 64.2 Å². The molecule has 1 heterocycles. The summed E-state index contributed by atoms with van der Waals surface area (Å²) >= 11 is 0. The fourth-order valence-corrected chi connectivity index (χ4v) is 19.8. The lowest BCUT2D eigenvalue weighted by atomic mass is 9.92. The quantitative estimate of drug-likeness (QED) is 0.0956. The maximum Gasteiger partial charge on any atom is 0.180 e. The zero-order chi connectivity index (χ0) is 44.3. The molecule has 0 bridgehead atoms. The number of hydrogen-bond acceptors (Lipinski definition) is 1. The van der Waals surface area contributed by atoms with E-state index in [1.54, 1.807) is 0 Å². The molecule has 0 fully saturated rings. The Morgan fingerprint density at radius 3 is 1.21 bits per heavy atom. The average Bonchev–Trinajstić information content (AvgIpc) is 3.70. The molecule has 1 aliphatic rings. The van der Waals surface area contributed by atoms with Crippen LogP contribution in [-0.2, 0) is 4.57 Å². The van der Waals surface area contributed by atoms with Gasteiger partial charge in [-0.25, -0.2) is 0 Å². The summed E-state index contributed by atoms with van der Waals surface area (Å²) in [5, 5.41) is 24.3. The van der Waals surface area contributed by atoms with E-state index in [4.69, 9.17) is 0 Å². The van der Waals surface area contributed by atoms with Gasteiger partial charge >= 0.3 is 0 Å². The fourth-order valence-electron chi connectivity index (χ4n) is 11.9. The second-order valence-electron chi connectivity index (χ2n) is 18.2. The van der Waals surface area contributed by atoms with Crippen LogP contribution in [0.1, 0.15) is 0 Å². The van der Waals surface area contributed by atoms with Crippen molar-refractivity contribution in [2.75, 3.05) is 0 Å². The van der Waals surface area contributed by atoms with Gasteiger partial charge in [0, 0.05) is 15.9 Å². The van der Waals surface area contributed by atoms with Crippen molar-refractivity contribution in [3.63, 3.8) is 0 Å². The lowest BCUT2D eigenvalue weighted by Crippen LogP contribution is -2.72. The average molecular weight is 885 g/mol. The number of hydrogen-bond donors (Lipinski definition) is 0. The maximum absolute atomic E-state index is 17.1. The second-order valence-corrected chi connectivity index (χ2v) is 24.7. The molecule has 312 valence electrons. The second kappa shape index (κ2) is 14.6. The topological polar surface area (TPSA) is 17.1 Å². The first-order valence-corrected chi connectivity index (χ1v) is 26.9. The molecule has 0 saturated heterocycles. The van der Waals surface area contributed by atoms with Gasteiger partial charge in [0.15, 0.2) is 15.2 Å². The third-order valence-electron chi connectivity index (χ3n) is 14.9. The molecular formula is C64H41OPSi. The van der Waals surface area contributed by atoms with Gasteiger partial charge in [0.1, 0.15) is 0 Å². The van der Waals surface area contributed by atoms with Crippen molar-refractivity contribution in [1.82, 2.24) is 0 Å². The van der Waals surface area contributed by atoms with Gasteiger partial charge in [-0.05, 0) is 132 Å². The first-order chi connectivity index (χ1) is 33.1. The van der Waals surface area contributed by atoms with Crippen molar-refractivity contribution in [3.8, 4) is 11.1 Å². The van der Waals surface area contributed by atoms with Crippen LogP contribution in [0.25, 0.3) is 86.5 Å². The van der Waals surface area contributed by atoms with Crippen LogP contribution in [0.15, 0.2) is 249 Å². The first kappa shape index (κ1) is 38.4. The minimum absolute atomic E-state index is 0.828. The Morgan fingerprint density at radius 2 is 0.642 bits per heavy atom. The predicted molar refractivity (Wildman–Crippen MR) is 291 cm³/mol. The van der Waals surface area contributed by atoms with Crippen molar-refractivity contribution in [2.45, 2.75) is 0 Å². The number of fused-ring (bicyclic) bond motifs is 15. The molecule has 0 unspecified atom stereocenters. The van der Waals surface area contributed by atoms with E-state index < -0.39 is 15.2 Å². The van der Waals surface area contributed by atoms with Gasteiger partial charge in [0.25, 0.3) is 0 Å². The molecular weight excluding hydrogens is 844 g/mol. The largest absolute Gasteiger partial charge is 0.309 e. The Kier molecular flexibility index (Phi) is 8.35. The van der Waals surface area contributed by atoms with Crippen molar-refractivity contribution in [2.24, 2.45) is 0 Å². The molecule has 1 aliphatic heterocycles. The van der Waals surface area contributed by atoms with Crippen LogP contribution in [0.3, 0.4) is 0 Å². The summed E-state index contributed by atoms with van der Waals surface area (Å²) in [7, 11) is -6.29.